The predicted octanol–water partition coefficient (Wildman–Crippen LogP) is 4.14. The van der Waals surface area contributed by atoms with E-state index in [1.165, 1.54) is 4.90 Å². The lowest BCUT2D eigenvalue weighted by Crippen LogP contribution is -2.46. The highest BCUT2D eigenvalue weighted by atomic mass is 79.9. The highest BCUT2D eigenvalue weighted by Crippen LogP contribution is 2.36. The van der Waals surface area contributed by atoms with Gasteiger partial charge in [0.2, 0.25) is 5.91 Å². The number of methoxy groups -OCH3 is 1. The van der Waals surface area contributed by atoms with Crippen LogP contribution in [0.25, 0.3) is 6.08 Å². The predicted molar refractivity (Wildman–Crippen MR) is 116 cm³/mol. The maximum absolute atomic E-state index is 13.1. The van der Waals surface area contributed by atoms with Crippen LogP contribution in [0, 0.1) is 0 Å². The van der Waals surface area contributed by atoms with Gasteiger partial charge in [-0.15, -0.1) is 0 Å². The minimum absolute atomic E-state index is 0.0422. The average Bonchev–Trinajstić information content (AvgIpc) is 2.71. The first-order valence-corrected chi connectivity index (χ1v) is 10.2. The standard InChI is InChI=1S/C22H23BrN2O4/c1-4-14(2)24-21(26)13-25-17-7-5-6-8-19(17)29-20(22(25)27)12-15-9-10-18(28-3)16(23)11-15/h5-12,14H,4,13H2,1-3H3,(H,24,26)/b20-12+. The summed E-state index contributed by atoms with van der Waals surface area (Å²) in [5.41, 5.74) is 1.34. The number of para-hydroxylation sites is 2. The summed E-state index contributed by atoms with van der Waals surface area (Å²) in [6.45, 7) is 3.85. The quantitative estimate of drug-likeness (QED) is 0.660. The Bertz CT molecular complexity index is 958. The van der Waals surface area contributed by atoms with Crippen molar-refractivity contribution >= 4 is 39.5 Å². The largest absolute Gasteiger partial charge is 0.496 e. The summed E-state index contributed by atoms with van der Waals surface area (Å²) >= 11 is 3.44. The second kappa shape index (κ2) is 9.13. The molecule has 0 spiro atoms. The van der Waals surface area contributed by atoms with Gasteiger partial charge < -0.3 is 14.8 Å². The first-order valence-electron chi connectivity index (χ1n) is 9.36. The van der Waals surface area contributed by atoms with E-state index in [4.69, 9.17) is 9.47 Å². The summed E-state index contributed by atoms with van der Waals surface area (Å²) in [5.74, 6) is 0.794. The zero-order valence-electron chi connectivity index (χ0n) is 16.6. The molecule has 152 valence electrons. The van der Waals surface area contributed by atoms with Crippen LogP contribution < -0.4 is 19.7 Å². The molecule has 2 amide bonds. The van der Waals surface area contributed by atoms with Crippen molar-refractivity contribution in [2.45, 2.75) is 26.3 Å². The molecule has 0 aliphatic carbocycles. The Morgan fingerprint density at radius 1 is 1.31 bits per heavy atom. The van der Waals surface area contributed by atoms with Gasteiger partial charge >= 0.3 is 0 Å². The van der Waals surface area contributed by atoms with Gasteiger partial charge in [0.15, 0.2) is 11.5 Å². The van der Waals surface area contributed by atoms with E-state index in [1.807, 2.05) is 38.1 Å². The minimum atomic E-state index is -0.366. The number of benzene rings is 2. The molecule has 0 saturated carbocycles. The van der Waals surface area contributed by atoms with Gasteiger partial charge in [0.25, 0.3) is 5.91 Å². The fraction of sp³-hybridized carbons (Fsp3) is 0.273. The van der Waals surface area contributed by atoms with Crippen LogP contribution >= 0.6 is 15.9 Å². The minimum Gasteiger partial charge on any atom is -0.496 e. The molecule has 0 bridgehead atoms. The van der Waals surface area contributed by atoms with E-state index in [0.29, 0.717) is 17.2 Å². The number of ether oxygens (including phenoxy) is 2. The molecule has 7 heteroatoms. The van der Waals surface area contributed by atoms with E-state index >= 15 is 0 Å². The van der Waals surface area contributed by atoms with Crippen molar-refractivity contribution in [1.29, 1.82) is 0 Å². The lowest BCUT2D eigenvalue weighted by atomic mass is 10.1. The molecule has 1 aliphatic heterocycles. The van der Waals surface area contributed by atoms with Crippen molar-refractivity contribution in [2.24, 2.45) is 0 Å². The lowest BCUT2D eigenvalue weighted by molar-refractivity contribution is -0.123. The molecule has 29 heavy (non-hydrogen) atoms. The Balaban J connectivity index is 1.92. The highest BCUT2D eigenvalue weighted by Gasteiger charge is 2.31. The fourth-order valence-electron chi connectivity index (χ4n) is 2.91. The molecular weight excluding hydrogens is 436 g/mol. The van der Waals surface area contributed by atoms with Gasteiger partial charge in [-0.3, -0.25) is 14.5 Å². The average molecular weight is 459 g/mol. The Morgan fingerprint density at radius 2 is 2.07 bits per heavy atom. The summed E-state index contributed by atoms with van der Waals surface area (Å²) in [4.78, 5) is 27.0. The number of amides is 2. The summed E-state index contributed by atoms with van der Waals surface area (Å²) in [6.07, 6.45) is 2.47. The van der Waals surface area contributed by atoms with Crippen LogP contribution in [0.1, 0.15) is 25.8 Å². The Kier molecular flexibility index (Phi) is 6.59. The number of hydrogen-bond acceptors (Lipinski definition) is 4. The number of rotatable bonds is 6. The number of hydrogen-bond donors (Lipinski definition) is 1. The van der Waals surface area contributed by atoms with Crippen LogP contribution in [-0.2, 0) is 9.59 Å². The molecule has 1 unspecified atom stereocenters. The SMILES string of the molecule is CCC(C)NC(=O)CN1C(=O)/C(=C\c2ccc(OC)c(Br)c2)Oc2ccccc21. The van der Waals surface area contributed by atoms with Gasteiger partial charge in [-0.05, 0) is 65.2 Å². The first kappa shape index (κ1) is 20.9. The van der Waals surface area contributed by atoms with Gasteiger partial charge in [-0.2, -0.15) is 0 Å². The number of fused-ring (bicyclic) bond motifs is 1. The molecule has 0 radical (unpaired) electrons. The monoisotopic (exact) mass is 458 g/mol. The van der Waals surface area contributed by atoms with Crippen LogP contribution in [0.4, 0.5) is 5.69 Å². The molecule has 1 N–H and O–H groups in total. The molecule has 1 heterocycles. The zero-order valence-corrected chi connectivity index (χ0v) is 18.2. The third-order valence-corrected chi connectivity index (χ3v) is 5.25. The van der Waals surface area contributed by atoms with Gasteiger partial charge in [0.05, 0.1) is 17.3 Å². The van der Waals surface area contributed by atoms with Crippen molar-refractivity contribution in [3.05, 3.63) is 58.3 Å². The van der Waals surface area contributed by atoms with Crippen molar-refractivity contribution in [3.63, 3.8) is 0 Å². The fourth-order valence-corrected chi connectivity index (χ4v) is 3.47. The topological polar surface area (TPSA) is 67.9 Å². The number of nitrogens with zero attached hydrogens (tertiary/aromatic N) is 1. The Morgan fingerprint density at radius 3 is 2.76 bits per heavy atom. The third-order valence-electron chi connectivity index (χ3n) is 4.63. The lowest BCUT2D eigenvalue weighted by Gasteiger charge is -2.30. The molecular formula is C22H23BrN2O4. The van der Waals surface area contributed by atoms with Crippen molar-refractivity contribution < 1.29 is 19.1 Å². The van der Waals surface area contributed by atoms with Crippen molar-refractivity contribution in [1.82, 2.24) is 5.32 Å². The van der Waals surface area contributed by atoms with Crippen LogP contribution in [0.15, 0.2) is 52.7 Å². The van der Waals surface area contributed by atoms with Gasteiger partial charge in [0.1, 0.15) is 12.3 Å². The number of carbonyl (C=O) groups is 2. The second-order valence-electron chi connectivity index (χ2n) is 6.74. The first-order chi connectivity index (χ1) is 13.9. The number of anilines is 1. The van der Waals surface area contributed by atoms with Crippen LogP contribution in [0.3, 0.4) is 0 Å². The van der Waals surface area contributed by atoms with Crippen molar-refractivity contribution in [3.8, 4) is 11.5 Å². The van der Waals surface area contributed by atoms with E-state index in [0.717, 1.165) is 16.5 Å². The molecule has 1 aliphatic rings. The molecule has 0 fully saturated rings. The second-order valence-corrected chi connectivity index (χ2v) is 7.59. The van der Waals surface area contributed by atoms with Crippen LogP contribution in [0.2, 0.25) is 0 Å². The summed E-state index contributed by atoms with van der Waals surface area (Å²) in [7, 11) is 1.59. The van der Waals surface area contributed by atoms with Crippen molar-refractivity contribution in [2.75, 3.05) is 18.6 Å². The smallest absolute Gasteiger partial charge is 0.294 e. The van der Waals surface area contributed by atoms with E-state index < -0.39 is 0 Å². The van der Waals surface area contributed by atoms with Crippen LogP contribution in [0.5, 0.6) is 11.5 Å². The molecule has 2 aromatic rings. The molecule has 6 nitrogen and oxygen atoms in total. The van der Waals surface area contributed by atoms with Crippen LogP contribution in [-0.4, -0.2) is 31.5 Å². The maximum atomic E-state index is 13.1. The highest BCUT2D eigenvalue weighted by molar-refractivity contribution is 9.10. The molecule has 0 saturated heterocycles. The summed E-state index contributed by atoms with van der Waals surface area (Å²) in [5, 5.41) is 2.90. The molecule has 0 aromatic heterocycles. The van der Waals surface area contributed by atoms with Gasteiger partial charge in [-0.25, -0.2) is 0 Å². The Labute approximate surface area is 178 Å². The van der Waals surface area contributed by atoms with Gasteiger partial charge in [0, 0.05) is 6.04 Å². The number of carbonyl (C=O) groups excluding carboxylic acids is 2. The van der Waals surface area contributed by atoms with E-state index in [2.05, 4.69) is 21.2 Å². The normalized spacial score (nSPS) is 15.5. The van der Waals surface area contributed by atoms with E-state index in [1.54, 1.807) is 31.4 Å². The summed E-state index contributed by atoms with van der Waals surface area (Å²) < 4.78 is 11.9. The molecule has 2 aromatic carbocycles. The van der Waals surface area contributed by atoms with E-state index in [-0.39, 0.29) is 30.2 Å². The maximum Gasteiger partial charge on any atom is 0.294 e. The third kappa shape index (κ3) is 4.79. The zero-order chi connectivity index (χ0) is 21.0. The summed E-state index contributed by atoms with van der Waals surface area (Å²) in [6, 6.07) is 12.7. The molecule has 3 rings (SSSR count). The van der Waals surface area contributed by atoms with Gasteiger partial charge in [-0.1, -0.05) is 25.1 Å². The number of halogens is 1. The molecule has 1 atom stereocenters. The number of nitrogens with one attached hydrogen (secondary N) is 1. The Hall–Kier alpha value is -2.80. The van der Waals surface area contributed by atoms with E-state index in [9.17, 15) is 9.59 Å².